The first-order valence-corrected chi connectivity index (χ1v) is 11.9. The molecule has 0 fully saturated rings. The summed E-state index contributed by atoms with van der Waals surface area (Å²) in [5.41, 5.74) is 0.997. The molecule has 2 aromatic carbocycles. The predicted molar refractivity (Wildman–Crippen MR) is 64.9 cm³/mol. The van der Waals surface area contributed by atoms with Crippen LogP contribution in [0.2, 0.25) is 0 Å². The summed E-state index contributed by atoms with van der Waals surface area (Å²) in [6, 6.07) is 16.7. The predicted octanol–water partition coefficient (Wildman–Crippen LogP) is 4.05. The zero-order chi connectivity index (χ0) is 12.5. The maximum absolute atomic E-state index is 13.2. The van der Waals surface area contributed by atoms with Gasteiger partial charge in [0.05, 0.1) is 6.61 Å². The summed E-state index contributed by atoms with van der Waals surface area (Å²) in [6.45, 7) is 0.371. The van der Waals surface area contributed by atoms with Gasteiger partial charge in [-0.25, -0.2) is 4.39 Å². The van der Waals surface area contributed by atoms with Gasteiger partial charge in [0, 0.05) is 0 Å². The van der Waals surface area contributed by atoms with Crippen molar-refractivity contribution in [2.45, 2.75) is 6.61 Å². The van der Waals surface area contributed by atoms with E-state index in [1.54, 1.807) is 30.3 Å². The van der Waals surface area contributed by atoms with Gasteiger partial charge in [-0.1, -0.05) is 12.1 Å². The van der Waals surface area contributed by atoms with Crippen LogP contribution in [0, 0.1) is 11.9 Å². The third kappa shape index (κ3) is 4.97. The summed E-state index contributed by atoms with van der Waals surface area (Å²) >= 11 is 4.25. The maximum atomic E-state index is 13.2. The van der Waals surface area contributed by atoms with Crippen LogP contribution in [0.1, 0.15) is 5.56 Å². The van der Waals surface area contributed by atoms with Crippen molar-refractivity contribution in [1.29, 1.82) is 0 Å². The Morgan fingerprint density at radius 2 is 1.76 bits per heavy atom. The van der Waals surface area contributed by atoms with Gasteiger partial charge in [0.15, 0.2) is 11.6 Å². The van der Waals surface area contributed by atoms with E-state index in [-0.39, 0.29) is 11.6 Å². The standard InChI is InChI=1S/C13H10FO.BrH.Zn/c14-12-8-4-5-9-13(12)15-10-11-6-2-1-3-7-11;;/h2-9H,10H2;1H;/q-1;;+2/p-1. The van der Waals surface area contributed by atoms with Crippen LogP contribution in [0.5, 0.6) is 5.75 Å². The van der Waals surface area contributed by atoms with Crippen LogP contribution in [-0.2, 0) is 22.9 Å². The van der Waals surface area contributed by atoms with Crippen LogP contribution < -0.4 is 4.74 Å². The number of hydrogen-bond acceptors (Lipinski definition) is 1. The summed E-state index contributed by atoms with van der Waals surface area (Å²) in [4.78, 5) is 0. The van der Waals surface area contributed by atoms with E-state index < -0.39 is 0 Å². The second kappa shape index (κ2) is 8.38. The summed E-state index contributed by atoms with van der Waals surface area (Å²) in [5.74, 6) is -0.0506. The molecule has 0 saturated carbocycles. The fourth-order valence-corrected chi connectivity index (χ4v) is 1.24. The van der Waals surface area contributed by atoms with E-state index in [1.165, 1.54) is 22.4 Å². The van der Waals surface area contributed by atoms with Gasteiger partial charge < -0.3 is 4.74 Å². The monoisotopic (exact) mass is 344 g/mol. The number of para-hydroxylation sites is 1. The summed E-state index contributed by atoms with van der Waals surface area (Å²) in [6.07, 6.45) is 0. The van der Waals surface area contributed by atoms with Crippen LogP contribution in [0.15, 0.2) is 48.5 Å². The minimum absolute atomic E-state index is 0.283. The van der Waals surface area contributed by atoms with E-state index in [4.69, 9.17) is 4.74 Å². The Bertz CT molecular complexity index is 436. The van der Waals surface area contributed by atoms with Gasteiger partial charge in [-0.15, -0.1) is 5.56 Å². The number of halogens is 2. The molecule has 0 saturated heterocycles. The van der Waals surface area contributed by atoms with E-state index in [1.807, 2.05) is 12.1 Å². The molecule has 0 aromatic heterocycles. The fourth-order valence-electron chi connectivity index (χ4n) is 1.24. The molecule has 0 heterocycles. The van der Waals surface area contributed by atoms with Crippen molar-refractivity contribution in [3.8, 4) is 5.75 Å². The molecule has 2 aromatic rings. The van der Waals surface area contributed by atoms with E-state index in [0.717, 1.165) is 5.56 Å². The van der Waals surface area contributed by atoms with Gasteiger partial charge in [-0.05, 0) is 12.1 Å². The Morgan fingerprint density at radius 1 is 1.12 bits per heavy atom. The molecule has 0 amide bonds. The van der Waals surface area contributed by atoms with Crippen LogP contribution >= 0.6 is 13.6 Å². The van der Waals surface area contributed by atoms with Gasteiger partial charge in [0.25, 0.3) is 0 Å². The molecule has 0 atom stereocenters. The van der Waals surface area contributed by atoms with E-state index in [9.17, 15) is 4.39 Å². The van der Waals surface area contributed by atoms with Crippen LogP contribution in [-0.4, -0.2) is 0 Å². The number of rotatable bonds is 3. The molecule has 0 aliphatic rings. The van der Waals surface area contributed by atoms with Crippen molar-refractivity contribution in [2.24, 2.45) is 0 Å². The Morgan fingerprint density at radius 3 is 2.41 bits per heavy atom. The first kappa shape index (κ1) is 14.3. The summed E-state index contributed by atoms with van der Waals surface area (Å²) < 4.78 is 18.5. The molecule has 0 N–H and O–H groups in total. The first-order valence-electron chi connectivity index (χ1n) is 4.95. The molecule has 84 valence electrons. The van der Waals surface area contributed by atoms with Crippen molar-refractivity contribution >= 4 is 13.6 Å². The van der Waals surface area contributed by atoms with Crippen LogP contribution in [0.4, 0.5) is 4.39 Å². The van der Waals surface area contributed by atoms with Crippen molar-refractivity contribution < 1.29 is 25.5 Å². The molecule has 0 spiro atoms. The molecular weight excluding hydrogens is 336 g/mol. The minimum atomic E-state index is -0.333. The first-order chi connectivity index (χ1) is 8.36. The van der Waals surface area contributed by atoms with Crippen LogP contribution in [0.3, 0.4) is 0 Å². The third-order valence-corrected chi connectivity index (χ3v) is 2.02. The number of ether oxygens (including phenoxy) is 1. The molecule has 4 heteroatoms. The second-order valence-corrected chi connectivity index (χ2v) is 3.13. The average Bonchev–Trinajstić information content (AvgIpc) is 2.41. The van der Waals surface area contributed by atoms with E-state index in [2.05, 4.69) is 19.7 Å². The van der Waals surface area contributed by atoms with Crippen molar-refractivity contribution in [3.63, 3.8) is 0 Å². The van der Waals surface area contributed by atoms with Crippen molar-refractivity contribution in [1.82, 2.24) is 0 Å². The van der Waals surface area contributed by atoms with Gasteiger partial charge in [0.1, 0.15) is 0 Å². The molecule has 0 radical (unpaired) electrons. The molecule has 1 nitrogen and oxygen atoms in total. The van der Waals surface area contributed by atoms with Crippen molar-refractivity contribution in [3.05, 3.63) is 66.0 Å². The molecule has 2 rings (SSSR count). The Balaban J connectivity index is 0.000000686. The van der Waals surface area contributed by atoms with Crippen molar-refractivity contribution in [2.75, 3.05) is 0 Å². The Kier molecular flexibility index (Phi) is 7.06. The zero-order valence-electron chi connectivity index (χ0n) is 9.20. The molecule has 17 heavy (non-hydrogen) atoms. The normalized spacial score (nSPS) is 9.18. The Hall–Kier alpha value is -0.727. The fraction of sp³-hybridized carbons (Fsp3) is 0.0769. The second-order valence-electron chi connectivity index (χ2n) is 3.13. The van der Waals surface area contributed by atoms with Gasteiger partial charge in [-0.2, -0.15) is 30.3 Å². The number of benzene rings is 2. The van der Waals surface area contributed by atoms with Gasteiger partial charge in [0.2, 0.25) is 0 Å². The molecule has 0 aliphatic heterocycles. The molecule has 0 unspecified atom stereocenters. The quantitative estimate of drug-likeness (QED) is 0.602. The van der Waals surface area contributed by atoms with Crippen LogP contribution in [0.25, 0.3) is 0 Å². The topological polar surface area (TPSA) is 9.23 Å². The molecule has 0 aliphatic carbocycles. The zero-order valence-corrected chi connectivity index (χ0v) is 13.8. The molecule has 0 bridgehead atoms. The summed E-state index contributed by atoms with van der Waals surface area (Å²) in [7, 11) is 0. The van der Waals surface area contributed by atoms with E-state index >= 15 is 0 Å². The van der Waals surface area contributed by atoms with E-state index in [0.29, 0.717) is 6.61 Å². The third-order valence-electron chi connectivity index (χ3n) is 2.02. The molecular formula is C13H10BrFOZn. The number of hydrogen-bond donors (Lipinski definition) is 0. The van der Waals surface area contributed by atoms with Gasteiger partial charge >= 0.3 is 30.0 Å². The Labute approximate surface area is 117 Å². The average molecular weight is 347 g/mol. The SMILES string of the molecule is Fc1ccccc1OCc1cc[c-]cc1.[Zn+][Br]. The van der Waals surface area contributed by atoms with Gasteiger partial charge in [-0.3, -0.25) is 0 Å². The summed E-state index contributed by atoms with van der Waals surface area (Å²) in [5, 5.41) is 0.